The number of nitrogens with one attached hydrogen (secondary N) is 1. The van der Waals surface area contributed by atoms with E-state index in [2.05, 4.69) is 30.4 Å². The third-order valence-electron chi connectivity index (χ3n) is 6.53. The van der Waals surface area contributed by atoms with Crippen LogP contribution in [-0.4, -0.2) is 59.0 Å². The van der Waals surface area contributed by atoms with Gasteiger partial charge in [-0.2, -0.15) is 0 Å². The fraction of sp³-hybridized carbons (Fsp3) is 0.231. The van der Waals surface area contributed by atoms with Gasteiger partial charge in [0.2, 0.25) is 11.5 Å². The van der Waals surface area contributed by atoms with Gasteiger partial charge in [-0.3, -0.25) is 4.79 Å². The van der Waals surface area contributed by atoms with E-state index in [1.165, 1.54) is 4.90 Å². The number of hydrogen-bond donors (Lipinski definition) is 2. The second kappa shape index (κ2) is 8.79. The van der Waals surface area contributed by atoms with Crippen molar-refractivity contribution in [1.82, 2.24) is 34.4 Å². The summed E-state index contributed by atoms with van der Waals surface area (Å²) in [6, 6.07) is 14.5. The molecule has 2 atom stereocenters. The number of anilines is 1. The Morgan fingerprint density at radius 2 is 1.86 bits per heavy atom. The number of likely N-dealkylation sites (N-methyl/N-ethyl adjacent to an activating group) is 1. The molecule has 0 aliphatic carbocycles. The Hall–Kier alpha value is -4.64. The number of fused-ring (bicyclic) bond motifs is 1. The number of carbonyl (C=O) groups is 1. The van der Waals surface area contributed by atoms with Crippen LogP contribution in [0.4, 0.5) is 5.95 Å². The number of aromatic nitrogens is 6. The second-order valence-electron chi connectivity index (χ2n) is 9.08. The van der Waals surface area contributed by atoms with Gasteiger partial charge in [-0.25, -0.2) is 19.9 Å². The molecule has 6 heterocycles. The third kappa shape index (κ3) is 4.08. The zero-order valence-electron chi connectivity index (χ0n) is 20.2. The lowest BCUT2D eigenvalue weighted by Crippen LogP contribution is -2.35. The Balaban J connectivity index is 1.23. The highest BCUT2D eigenvalue weighted by Crippen LogP contribution is 2.34. The molecular formula is C26H24N8O3. The SMILES string of the molecule is CC(Nc1nccc(-c2cccc(-c3cc(C4(O)CCN(C)C4=O)on3)n2)n1)c1cn2ccccc2n1. The number of rotatable bonds is 6. The van der Waals surface area contributed by atoms with Gasteiger partial charge in [0, 0.05) is 44.7 Å². The number of imidazole rings is 1. The molecule has 1 saturated heterocycles. The minimum Gasteiger partial charge on any atom is -0.373 e. The van der Waals surface area contributed by atoms with E-state index in [0.717, 1.165) is 11.3 Å². The monoisotopic (exact) mass is 496 g/mol. The summed E-state index contributed by atoms with van der Waals surface area (Å²) in [4.78, 5) is 32.2. The smallest absolute Gasteiger partial charge is 0.262 e. The lowest BCUT2D eigenvalue weighted by molar-refractivity contribution is -0.144. The number of amides is 1. The summed E-state index contributed by atoms with van der Waals surface area (Å²) in [7, 11) is 1.64. The summed E-state index contributed by atoms with van der Waals surface area (Å²) < 4.78 is 7.33. The molecule has 1 fully saturated rings. The molecule has 0 spiro atoms. The molecule has 2 unspecified atom stereocenters. The molecular weight excluding hydrogens is 472 g/mol. The lowest BCUT2D eigenvalue weighted by Gasteiger charge is -2.16. The van der Waals surface area contributed by atoms with Gasteiger partial charge < -0.3 is 24.2 Å². The number of likely N-dealkylation sites (tertiary alicyclic amines) is 1. The minimum atomic E-state index is -1.71. The average molecular weight is 497 g/mol. The van der Waals surface area contributed by atoms with Gasteiger partial charge in [-0.05, 0) is 37.3 Å². The summed E-state index contributed by atoms with van der Waals surface area (Å²) in [6.07, 6.45) is 5.84. The normalized spacial score (nSPS) is 18.5. The molecule has 2 N–H and O–H groups in total. The highest BCUT2D eigenvalue weighted by molar-refractivity contribution is 5.87. The van der Waals surface area contributed by atoms with E-state index in [4.69, 9.17) is 4.52 Å². The Labute approximate surface area is 211 Å². The van der Waals surface area contributed by atoms with Crippen LogP contribution in [0, 0.1) is 0 Å². The van der Waals surface area contributed by atoms with E-state index in [9.17, 15) is 9.90 Å². The van der Waals surface area contributed by atoms with Crippen LogP contribution in [0.2, 0.25) is 0 Å². The summed E-state index contributed by atoms with van der Waals surface area (Å²) in [5.74, 6) is 0.151. The average Bonchev–Trinajstić information content (AvgIpc) is 3.65. The van der Waals surface area contributed by atoms with E-state index in [1.807, 2.05) is 54.0 Å². The number of aliphatic hydroxyl groups is 1. The molecule has 186 valence electrons. The first-order chi connectivity index (χ1) is 17.9. The Kier molecular flexibility index (Phi) is 5.41. The quantitative estimate of drug-likeness (QED) is 0.364. The van der Waals surface area contributed by atoms with Gasteiger partial charge >= 0.3 is 0 Å². The molecule has 5 aromatic rings. The number of carbonyl (C=O) groups excluding carboxylic acids is 1. The molecule has 11 nitrogen and oxygen atoms in total. The predicted octanol–water partition coefficient (Wildman–Crippen LogP) is 3.06. The van der Waals surface area contributed by atoms with E-state index >= 15 is 0 Å². The Morgan fingerprint density at radius 1 is 1.05 bits per heavy atom. The number of pyridine rings is 2. The molecule has 0 bridgehead atoms. The molecule has 5 aromatic heterocycles. The highest BCUT2D eigenvalue weighted by Gasteiger charge is 2.48. The first kappa shape index (κ1) is 22.8. The molecule has 1 amide bonds. The molecule has 1 aliphatic rings. The van der Waals surface area contributed by atoms with Gasteiger partial charge in [0.25, 0.3) is 5.91 Å². The molecule has 37 heavy (non-hydrogen) atoms. The lowest BCUT2D eigenvalue weighted by atomic mass is 9.98. The van der Waals surface area contributed by atoms with Crippen molar-refractivity contribution in [1.29, 1.82) is 0 Å². The molecule has 0 aromatic carbocycles. The third-order valence-corrected chi connectivity index (χ3v) is 6.53. The maximum Gasteiger partial charge on any atom is 0.262 e. The van der Waals surface area contributed by atoms with E-state index < -0.39 is 11.5 Å². The topological polar surface area (TPSA) is 135 Å². The first-order valence-corrected chi connectivity index (χ1v) is 11.9. The summed E-state index contributed by atoms with van der Waals surface area (Å²) in [5.41, 5.74) is 2.22. The van der Waals surface area contributed by atoms with Gasteiger partial charge in [-0.1, -0.05) is 17.3 Å². The standard InChI is InChI=1S/C26H24N8O3/c1-16(21-15-34-12-4-3-8-23(34)30-21)28-25-27-11-9-19(31-25)17-6-5-7-18(29-17)20-14-22(37-32-20)26(36)10-13-33(2)24(26)35/h3-9,11-12,14-16,36H,10,13H2,1-2H3,(H,27,28,31). The van der Waals surface area contributed by atoms with Crippen molar-refractivity contribution >= 4 is 17.5 Å². The molecule has 6 rings (SSSR count). The van der Waals surface area contributed by atoms with Crippen molar-refractivity contribution in [2.45, 2.75) is 25.0 Å². The summed E-state index contributed by atoms with van der Waals surface area (Å²) in [5, 5.41) is 18.2. The van der Waals surface area contributed by atoms with Crippen molar-refractivity contribution in [3.8, 4) is 22.8 Å². The highest BCUT2D eigenvalue weighted by atomic mass is 16.5. The zero-order chi connectivity index (χ0) is 25.6. The van der Waals surface area contributed by atoms with Crippen LogP contribution in [0.5, 0.6) is 0 Å². The summed E-state index contributed by atoms with van der Waals surface area (Å²) >= 11 is 0. The van der Waals surface area contributed by atoms with E-state index in [-0.39, 0.29) is 18.2 Å². The van der Waals surface area contributed by atoms with Crippen molar-refractivity contribution in [2.75, 3.05) is 18.9 Å². The van der Waals surface area contributed by atoms with Crippen LogP contribution in [0.1, 0.15) is 30.8 Å². The van der Waals surface area contributed by atoms with Crippen molar-refractivity contribution < 1.29 is 14.4 Å². The number of hydrogen-bond acceptors (Lipinski definition) is 9. The van der Waals surface area contributed by atoms with Gasteiger partial charge in [-0.15, -0.1) is 0 Å². The van der Waals surface area contributed by atoms with Crippen LogP contribution in [0.3, 0.4) is 0 Å². The van der Waals surface area contributed by atoms with Crippen LogP contribution in [0.15, 0.2) is 71.6 Å². The fourth-order valence-electron chi connectivity index (χ4n) is 4.39. The Bertz CT molecular complexity index is 1580. The zero-order valence-corrected chi connectivity index (χ0v) is 20.2. The van der Waals surface area contributed by atoms with E-state index in [0.29, 0.717) is 35.3 Å². The van der Waals surface area contributed by atoms with Crippen molar-refractivity contribution in [2.24, 2.45) is 0 Å². The maximum atomic E-state index is 12.4. The minimum absolute atomic E-state index is 0.110. The first-order valence-electron chi connectivity index (χ1n) is 11.9. The van der Waals surface area contributed by atoms with E-state index in [1.54, 1.807) is 31.4 Å². The largest absolute Gasteiger partial charge is 0.373 e. The van der Waals surface area contributed by atoms with Crippen LogP contribution < -0.4 is 5.32 Å². The fourth-order valence-corrected chi connectivity index (χ4v) is 4.39. The van der Waals surface area contributed by atoms with Crippen LogP contribution in [0.25, 0.3) is 28.4 Å². The number of nitrogens with zero attached hydrogens (tertiary/aromatic N) is 7. The van der Waals surface area contributed by atoms with Gasteiger partial charge in [0.1, 0.15) is 11.3 Å². The van der Waals surface area contributed by atoms with Gasteiger partial charge in [0.15, 0.2) is 5.76 Å². The van der Waals surface area contributed by atoms with Gasteiger partial charge in [0.05, 0.1) is 28.8 Å². The molecule has 0 radical (unpaired) electrons. The maximum absolute atomic E-state index is 12.4. The van der Waals surface area contributed by atoms with Crippen LogP contribution >= 0.6 is 0 Å². The molecule has 1 aliphatic heterocycles. The predicted molar refractivity (Wildman–Crippen MR) is 134 cm³/mol. The summed E-state index contributed by atoms with van der Waals surface area (Å²) in [6.45, 7) is 2.44. The van der Waals surface area contributed by atoms with Crippen LogP contribution in [-0.2, 0) is 10.4 Å². The van der Waals surface area contributed by atoms with Crippen molar-refractivity contribution in [3.63, 3.8) is 0 Å². The second-order valence-corrected chi connectivity index (χ2v) is 9.08. The molecule has 0 saturated carbocycles. The Morgan fingerprint density at radius 3 is 2.65 bits per heavy atom. The molecule has 11 heteroatoms. The van der Waals surface area contributed by atoms with Crippen molar-refractivity contribution in [3.05, 3.63) is 78.6 Å².